The summed E-state index contributed by atoms with van der Waals surface area (Å²) < 4.78 is 13.2. The lowest BCUT2D eigenvalue weighted by atomic mass is 9.46. The summed E-state index contributed by atoms with van der Waals surface area (Å²) in [7, 11) is 0. The number of allylic oxidation sites excluding steroid dienone is 1. The Morgan fingerprint density at radius 1 is 1.06 bits per heavy atom. The van der Waals surface area contributed by atoms with Gasteiger partial charge in [-0.15, -0.1) is 0 Å². The number of carbonyl (C=O) groups excluding carboxylic acids is 1. The van der Waals surface area contributed by atoms with Crippen LogP contribution in [0, 0.1) is 46.3 Å². The van der Waals surface area contributed by atoms with Gasteiger partial charge >= 0.3 is 0 Å². The Hall–Kier alpha value is -0.710. The zero-order chi connectivity index (χ0) is 21.8. The van der Waals surface area contributed by atoms with Gasteiger partial charge in [-0.3, -0.25) is 4.79 Å². The molecule has 31 heavy (non-hydrogen) atoms. The molecule has 4 aliphatic carbocycles. The van der Waals surface area contributed by atoms with Gasteiger partial charge in [0.25, 0.3) is 0 Å². The van der Waals surface area contributed by atoms with Crippen LogP contribution in [-0.2, 0) is 14.3 Å². The summed E-state index contributed by atoms with van der Waals surface area (Å²) >= 11 is 0. The van der Waals surface area contributed by atoms with Gasteiger partial charge < -0.3 is 14.6 Å². The van der Waals surface area contributed by atoms with Crippen LogP contribution in [0.25, 0.3) is 0 Å². The van der Waals surface area contributed by atoms with Crippen LogP contribution in [0.3, 0.4) is 0 Å². The number of rotatable bonds is 0. The lowest BCUT2D eigenvalue weighted by molar-refractivity contribution is -0.272. The normalized spacial score (nSPS) is 58.4. The number of aliphatic hydroxyl groups excluding tert-OH is 1. The lowest BCUT2D eigenvalue weighted by Gasteiger charge is -2.58. The van der Waals surface area contributed by atoms with Crippen molar-refractivity contribution in [3.63, 3.8) is 0 Å². The molecule has 4 heteroatoms. The van der Waals surface area contributed by atoms with Crippen LogP contribution < -0.4 is 0 Å². The van der Waals surface area contributed by atoms with Crippen molar-refractivity contribution < 1.29 is 19.4 Å². The molecule has 11 atom stereocenters. The van der Waals surface area contributed by atoms with Crippen molar-refractivity contribution in [3.05, 3.63) is 11.6 Å². The molecule has 3 saturated carbocycles. The lowest BCUT2D eigenvalue weighted by Crippen LogP contribution is -2.55. The second-order valence-corrected chi connectivity index (χ2v) is 12.6. The fourth-order valence-corrected chi connectivity index (χ4v) is 9.43. The van der Waals surface area contributed by atoms with E-state index in [1.807, 2.05) is 6.08 Å². The van der Waals surface area contributed by atoms with Gasteiger partial charge in [0, 0.05) is 24.7 Å². The molecule has 2 aliphatic heterocycles. The Morgan fingerprint density at radius 2 is 1.87 bits per heavy atom. The topological polar surface area (TPSA) is 55.8 Å². The van der Waals surface area contributed by atoms with E-state index in [1.54, 1.807) is 0 Å². The minimum atomic E-state index is -0.384. The predicted molar refractivity (Wildman–Crippen MR) is 118 cm³/mol. The summed E-state index contributed by atoms with van der Waals surface area (Å²) in [4.78, 5) is 13.6. The van der Waals surface area contributed by atoms with Crippen LogP contribution in [0.5, 0.6) is 0 Å². The van der Waals surface area contributed by atoms with E-state index in [9.17, 15) is 9.90 Å². The van der Waals surface area contributed by atoms with Crippen LogP contribution in [0.1, 0.15) is 79.1 Å². The van der Waals surface area contributed by atoms with Gasteiger partial charge in [0.2, 0.25) is 0 Å². The molecule has 0 aromatic heterocycles. The van der Waals surface area contributed by atoms with E-state index < -0.39 is 0 Å². The van der Waals surface area contributed by atoms with Crippen LogP contribution in [0.15, 0.2) is 11.6 Å². The first-order valence-electron chi connectivity index (χ1n) is 12.9. The third-order valence-corrected chi connectivity index (χ3v) is 11.2. The van der Waals surface area contributed by atoms with Gasteiger partial charge in [0.1, 0.15) is 5.78 Å². The first kappa shape index (κ1) is 20.9. The number of hydrogen-bond donors (Lipinski definition) is 1. The van der Waals surface area contributed by atoms with Crippen molar-refractivity contribution in [1.82, 2.24) is 0 Å². The number of fused-ring (bicyclic) bond motifs is 7. The fourth-order valence-electron chi connectivity index (χ4n) is 9.43. The molecule has 172 valence electrons. The highest BCUT2D eigenvalue weighted by Gasteiger charge is 2.69. The Bertz CT molecular complexity index is 810. The van der Waals surface area contributed by atoms with Crippen molar-refractivity contribution >= 4 is 5.78 Å². The first-order valence-corrected chi connectivity index (χ1v) is 12.9. The third kappa shape index (κ3) is 2.68. The number of aliphatic hydroxyl groups is 1. The Labute approximate surface area is 187 Å². The van der Waals surface area contributed by atoms with Crippen molar-refractivity contribution in [2.75, 3.05) is 6.61 Å². The van der Waals surface area contributed by atoms with Gasteiger partial charge in [-0.2, -0.15) is 0 Å². The van der Waals surface area contributed by atoms with E-state index in [0.29, 0.717) is 41.8 Å². The highest BCUT2D eigenvalue weighted by Crippen LogP contribution is 2.70. The molecule has 1 spiro atoms. The molecule has 0 bridgehead atoms. The van der Waals surface area contributed by atoms with Gasteiger partial charge in [0.15, 0.2) is 5.79 Å². The van der Waals surface area contributed by atoms with Crippen LogP contribution in [0.2, 0.25) is 0 Å². The SMILES string of the molecule is C[C@H]1CC[C@@]2(OC1)O[C@@H]1C[C@@H]3[C@@H]4C(=O)CC5=C[C@H](O)CC[C@]5(C)[C@@H]4CC[C@]3(C)[C@H]1[C@@H]2C. The summed E-state index contributed by atoms with van der Waals surface area (Å²) in [6, 6.07) is 0. The van der Waals surface area contributed by atoms with Crippen molar-refractivity contribution in [2.45, 2.75) is 97.1 Å². The monoisotopic (exact) mass is 428 g/mol. The average Bonchev–Trinajstić information content (AvgIpc) is 3.16. The van der Waals surface area contributed by atoms with Crippen LogP contribution in [-0.4, -0.2) is 35.5 Å². The van der Waals surface area contributed by atoms with E-state index in [0.717, 1.165) is 38.7 Å². The number of Topliss-reactive ketones (excluding diaryl/α,β-unsaturated/α-hetero) is 1. The van der Waals surface area contributed by atoms with Gasteiger partial charge in [-0.05, 0) is 73.0 Å². The molecule has 0 unspecified atom stereocenters. The van der Waals surface area contributed by atoms with Crippen LogP contribution >= 0.6 is 0 Å². The molecule has 0 radical (unpaired) electrons. The highest BCUT2D eigenvalue weighted by molar-refractivity contribution is 5.86. The summed E-state index contributed by atoms with van der Waals surface area (Å²) in [6.45, 7) is 10.3. The maximum absolute atomic E-state index is 13.6. The second kappa shape index (κ2) is 6.67. The summed E-state index contributed by atoms with van der Waals surface area (Å²) in [6.07, 6.45) is 9.86. The maximum atomic E-state index is 13.6. The molecular weight excluding hydrogens is 388 g/mol. The largest absolute Gasteiger partial charge is 0.389 e. The number of carbonyl (C=O) groups is 1. The number of hydrogen-bond acceptors (Lipinski definition) is 4. The first-order chi connectivity index (χ1) is 14.7. The fraction of sp³-hybridized carbons (Fsp3) is 0.889. The Kier molecular flexibility index (Phi) is 4.49. The number of ether oxygens (including phenoxy) is 2. The Morgan fingerprint density at radius 3 is 2.61 bits per heavy atom. The second-order valence-electron chi connectivity index (χ2n) is 12.6. The summed E-state index contributed by atoms with van der Waals surface area (Å²) in [5.41, 5.74) is 1.49. The minimum absolute atomic E-state index is 0.0904. The van der Waals surface area contributed by atoms with Gasteiger partial charge in [-0.25, -0.2) is 0 Å². The molecule has 2 heterocycles. The van der Waals surface area contributed by atoms with Gasteiger partial charge in [-0.1, -0.05) is 39.3 Å². The van der Waals surface area contributed by atoms with E-state index >= 15 is 0 Å². The molecular formula is C27H40O4. The van der Waals surface area contributed by atoms with E-state index in [-0.39, 0.29) is 34.7 Å². The Balaban J connectivity index is 1.31. The average molecular weight is 429 g/mol. The van der Waals surface area contributed by atoms with E-state index in [1.165, 1.54) is 18.4 Å². The van der Waals surface area contributed by atoms with Crippen molar-refractivity contribution in [3.8, 4) is 0 Å². The molecule has 0 amide bonds. The predicted octanol–water partition coefficient (Wildman–Crippen LogP) is 4.89. The molecule has 0 aromatic carbocycles. The summed E-state index contributed by atoms with van der Waals surface area (Å²) in [5, 5.41) is 10.2. The van der Waals surface area contributed by atoms with E-state index in [4.69, 9.17) is 9.47 Å². The molecule has 1 N–H and O–H groups in total. The number of ketones is 1. The molecule has 6 aliphatic rings. The van der Waals surface area contributed by atoms with Crippen molar-refractivity contribution in [1.29, 1.82) is 0 Å². The highest BCUT2D eigenvalue weighted by atomic mass is 16.7. The van der Waals surface area contributed by atoms with Crippen molar-refractivity contribution in [2.24, 2.45) is 46.3 Å². The zero-order valence-corrected chi connectivity index (χ0v) is 19.7. The minimum Gasteiger partial charge on any atom is -0.389 e. The standard InChI is InChI=1S/C27H40O4/c1-15-5-10-27(30-14-15)16(2)24-22(31-27)13-20-23-19(7-9-26(20,24)4)25(3)8-6-18(28)11-17(25)12-21(23)29/h11,15-16,18-20,22-24,28H,5-10,12-14H2,1-4H3/t15-,16-,18+,19+,20+,22+,23+,24-,25-,26-,27+/m0/s1. The maximum Gasteiger partial charge on any atom is 0.171 e. The zero-order valence-electron chi connectivity index (χ0n) is 19.7. The summed E-state index contributed by atoms with van der Waals surface area (Å²) in [5.74, 6) is 2.59. The van der Waals surface area contributed by atoms with Crippen LogP contribution in [0.4, 0.5) is 0 Å². The molecule has 4 nitrogen and oxygen atoms in total. The van der Waals surface area contributed by atoms with E-state index in [2.05, 4.69) is 27.7 Å². The molecule has 0 aromatic rings. The quantitative estimate of drug-likeness (QED) is 0.558. The third-order valence-electron chi connectivity index (χ3n) is 11.2. The smallest absolute Gasteiger partial charge is 0.171 e. The molecule has 5 fully saturated rings. The molecule has 6 rings (SSSR count). The van der Waals surface area contributed by atoms with Gasteiger partial charge in [0.05, 0.1) is 18.8 Å². The molecule has 2 saturated heterocycles.